The molecular weight excluding hydrogens is 394 g/mol. The number of carbonyl (C=O) groups excluding carboxylic acids is 2. The van der Waals surface area contributed by atoms with Crippen LogP contribution in [0.1, 0.15) is 46.3 Å². The molecular formula is C19H21N5O4S. The van der Waals surface area contributed by atoms with Crippen molar-refractivity contribution in [2.45, 2.75) is 50.0 Å². The van der Waals surface area contributed by atoms with E-state index in [1.54, 1.807) is 4.68 Å². The monoisotopic (exact) mass is 415 g/mol. The molecule has 2 aliphatic carbocycles. The molecule has 0 saturated carbocycles. The van der Waals surface area contributed by atoms with Crippen LogP contribution in [0.25, 0.3) is 0 Å². The summed E-state index contributed by atoms with van der Waals surface area (Å²) in [6.45, 7) is 1.10. The van der Waals surface area contributed by atoms with Gasteiger partial charge < -0.3 is 10.1 Å². The van der Waals surface area contributed by atoms with Crippen molar-refractivity contribution in [3.63, 3.8) is 0 Å². The maximum Gasteiger partial charge on any atom is 0.354 e. The van der Waals surface area contributed by atoms with E-state index in [4.69, 9.17) is 9.88 Å². The van der Waals surface area contributed by atoms with Crippen LogP contribution in [0, 0.1) is 0 Å². The number of hydrogen-bond donors (Lipinski definition) is 2. The first-order valence-electron chi connectivity index (χ1n) is 9.69. The van der Waals surface area contributed by atoms with Crippen molar-refractivity contribution in [1.82, 2.24) is 9.78 Å². The fourth-order valence-corrected chi connectivity index (χ4v) is 5.37. The second-order valence-electron chi connectivity index (χ2n) is 7.52. The number of anilines is 1. The number of nitrogens with zero attached hydrogens (tertiary/aromatic N) is 3. The molecule has 1 aromatic heterocycles. The Bertz CT molecular complexity index is 1180. The van der Waals surface area contributed by atoms with Gasteiger partial charge in [-0.15, -0.1) is 4.36 Å². The van der Waals surface area contributed by atoms with Crippen LogP contribution in [0.15, 0.2) is 21.5 Å². The van der Waals surface area contributed by atoms with Gasteiger partial charge in [-0.1, -0.05) is 0 Å². The quantitative estimate of drug-likeness (QED) is 0.777. The van der Waals surface area contributed by atoms with Gasteiger partial charge in [-0.3, -0.25) is 4.79 Å². The fourth-order valence-electron chi connectivity index (χ4n) is 4.37. The third-order valence-corrected chi connectivity index (χ3v) is 7.04. The number of urea groups is 1. The number of carbonyl (C=O) groups is 2. The van der Waals surface area contributed by atoms with Gasteiger partial charge in [0, 0.05) is 30.6 Å². The van der Waals surface area contributed by atoms with Crippen LogP contribution < -0.4 is 15.2 Å². The maximum absolute atomic E-state index is 13.0. The van der Waals surface area contributed by atoms with E-state index in [2.05, 4.69) is 14.8 Å². The summed E-state index contributed by atoms with van der Waals surface area (Å²) >= 11 is 0. The maximum atomic E-state index is 13.0. The molecule has 1 unspecified atom stereocenters. The Morgan fingerprint density at radius 1 is 1.24 bits per heavy atom. The van der Waals surface area contributed by atoms with E-state index >= 15 is 0 Å². The Hall–Kier alpha value is -2.72. The number of ketones is 1. The van der Waals surface area contributed by atoms with Gasteiger partial charge in [0.2, 0.25) is 5.88 Å². The summed E-state index contributed by atoms with van der Waals surface area (Å²) in [5, 5.41) is 12.8. The predicted octanol–water partition coefficient (Wildman–Crippen LogP) is 2.22. The minimum Gasteiger partial charge on any atom is -0.477 e. The minimum atomic E-state index is -3.53. The van der Waals surface area contributed by atoms with E-state index in [0.29, 0.717) is 43.1 Å². The molecule has 0 bridgehead atoms. The summed E-state index contributed by atoms with van der Waals surface area (Å²) in [5.41, 5.74) is 4.28. The number of rotatable bonds is 2. The third-order valence-electron chi connectivity index (χ3n) is 5.69. The topological polar surface area (TPSA) is 129 Å². The number of hydrogen-bond acceptors (Lipinski definition) is 5. The number of aromatic nitrogens is 2. The molecule has 0 fully saturated rings. The lowest BCUT2D eigenvalue weighted by Crippen LogP contribution is -2.21. The van der Waals surface area contributed by atoms with Crippen molar-refractivity contribution in [2.24, 2.45) is 9.50 Å². The average Bonchev–Trinajstić information content (AvgIpc) is 3.40. The van der Waals surface area contributed by atoms with Crippen molar-refractivity contribution in [1.29, 1.82) is 0 Å². The van der Waals surface area contributed by atoms with E-state index in [-0.39, 0.29) is 10.7 Å². The summed E-state index contributed by atoms with van der Waals surface area (Å²) in [5.74, 6) is 0.390. The molecule has 29 heavy (non-hydrogen) atoms. The molecule has 1 aliphatic heterocycles. The minimum absolute atomic E-state index is 0.0911. The average molecular weight is 415 g/mol. The molecule has 3 N–H and O–H groups in total. The van der Waals surface area contributed by atoms with Crippen LogP contribution in [0.4, 0.5) is 10.5 Å². The van der Waals surface area contributed by atoms with Crippen LogP contribution in [0.5, 0.6) is 5.88 Å². The lowest BCUT2D eigenvalue weighted by Gasteiger charge is -2.16. The predicted molar refractivity (Wildman–Crippen MR) is 106 cm³/mol. The lowest BCUT2D eigenvalue weighted by molar-refractivity contribution is 0.0994. The number of ether oxygens (including phenoxy) is 1. The first-order valence-corrected chi connectivity index (χ1v) is 11.3. The molecule has 10 heteroatoms. The zero-order valence-electron chi connectivity index (χ0n) is 15.8. The second kappa shape index (κ2) is 6.67. The van der Waals surface area contributed by atoms with Gasteiger partial charge in [0.15, 0.2) is 15.7 Å². The highest BCUT2D eigenvalue weighted by Gasteiger charge is 2.30. The SMILES string of the molecule is NS(=O)(=NC(=O)Nc1c2c(cc3c1CCC3=O)CCC2)c1cnn2c1OCCC2. The number of Topliss-reactive ketones (excluding diaryl/α,β-unsaturated/α-hetero) is 1. The molecule has 1 aromatic carbocycles. The van der Waals surface area contributed by atoms with Crippen molar-refractivity contribution in [3.8, 4) is 5.88 Å². The standard InChI is InChI=1S/C19H21N5O4S/c20-29(27,16-10-21-24-7-2-8-28-18(16)24)23-19(26)22-17-12-4-1-3-11(12)9-14-13(17)5-6-15(14)25/h9-10H,1-8H2,(H3,20,22,23,26,27). The molecule has 152 valence electrons. The molecule has 0 radical (unpaired) electrons. The van der Waals surface area contributed by atoms with Crippen molar-refractivity contribution < 1.29 is 18.5 Å². The van der Waals surface area contributed by atoms with Crippen molar-refractivity contribution in [2.75, 3.05) is 11.9 Å². The highest BCUT2D eigenvalue weighted by Crippen LogP contribution is 2.38. The summed E-state index contributed by atoms with van der Waals surface area (Å²) in [6, 6.07) is 1.16. The molecule has 9 nitrogen and oxygen atoms in total. The molecule has 1 atom stereocenters. The molecule has 0 spiro atoms. The summed E-state index contributed by atoms with van der Waals surface area (Å²) in [4.78, 5) is 25.0. The van der Waals surface area contributed by atoms with E-state index in [0.717, 1.165) is 42.4 Å². The van der Waals surface area contributed by atoms with Crippen LogP contribution >= 0.6 is 0 Å². The highest BCUT2D eigenvalue weighted by molar-refractivity contribution is 7.91. The molecule has 2 heterocycles. The highest BCUT2D eigenvalue weighted by atomic mass is 32.2. The summed E-state index contributed by atoms with van der Waals surface area (Å²) in [7, 11) is -3.53. The first kappa shape index (κ1) is 18.3. The van der Waals surface area contributed by atoms with Gasteiger partial charge in [0.05, 0.1) is 12.8 Å². The van der Waals surface area contributed by atoms with Crippen LogP contribution in [-0.2, 0) is 35.7 Å². The normalized spacial score (nSPS) is 19.0. The van der Waals surface area contributed by atoms with E-state index in [1.165, 1.54) is 6.20 Å². The number of benzene rings is 1. The fraction of sp³-hybridized carbons (Fsp3) is 0.421. The van der Waals surface area contributed by atoms with Gasteiger partial charge in [-0.05, 0) is 48.4 Å². The Morgan fingerprint density at radius 2 is 2.10 bits per heavy atom. The molecule has 0 saturated heterocycles. The Labute approximate surface area is 167 Å². The zero-order valence-corrected chi connectivity index (χ0v) is 16.6. The van der Waals surface area contributed by atoms with Crippen molar-refractivity contribution >= 4 is 27.4 Å². The van der Waals surface area contributed by atoms with Crippen LogP contribution in [-0.4, -0.2) is 32.4 Å². The number of amides is 2. The van der Waals surface area contributed by atoms with Gasteiger partial charge >= 0.3 is 6.03 Å². The smallest absolute Gasteiger partial charge is 0.354 e. The second-order valence-corrected chi connectivity index (χ2v) is 9.28. The number of nitrogens with two attached hydrogens (primary N) is 1. The molecule has 3 aliphatic rings. The lowest BCUT2D eigenvalue weighted by atomic mass is 9.98. The number of fused-ring (bicyclic) bond motifs is 3. The third kappa shape index (κ3) is 3.03. The van der Waals surface area contributed by atoms with Crippen LogP contribution in [0.2, 0.25) is 0 Å². The summed E-state index contributed by atoms with van der Waals surface area (Å²) in [6.07, 6.45) is 5.83. The van der Waals surface area contributed by atoms with Gasteiger partial charge in [0.25, 0.3) is 0 Å². The van der Waals surface area contributed by atoms with Gasteiger partial charge in [-0.25, -0.2) is 18.8 Å². The Balaban J connectivity index is 1.50. The van der Waals surface area contributed by atoms with E-state index in [9.17, 15) is 13.8 Å². The molecule has 2 amide bonds. The van der Waals surface area contributed by atoms with Gasteiger partial charge in [0.1, 0.15) is 4.90 Å². The van der Waals surface area contributed by atoms with E-state index < -0.39 is 15.9 Å². The van der Waals surface area contributed by atoms with Crippen molar-refractivity contribution in [3.05, 3.63) is 34.5 Å². The number of nitrogens with one attached hydrogen (secondary N) is 1. The van der Waals surface area contributed by atoms with Gasteiger partial charge in [-0.2, -0.15) is 5.10 Å². The van der Waals surface area contributed by atoms with Crippen LogP contribution in [0.3, 0.4) is 0 Å². The zero-order chi connectivity index (χ0) is 20.2. The molecule has 2 aromatic rings. The van der Waals surface area contributed by atoms with E-state index in [1.807, 2.05) is 6.07 Å². The first-order chi connectivity index (χ1) is 13.9. The number of aryl methyl sites for hydroxylation is 2. The Kier molecular flexibility index (Phi) is 4.21. The largest absolute Gasteiger partial charge is 0.477 e. The Morgan fingerprint density at radius 3 is 2.97 bits per heavy atom. The summed E-state index contributed by atoms with van der Waals surface area (Å²) < 4.78 is 23.9. The molecule has 5 rings (SSSR count).